The van der Waals surface area contributed by atoms with E-state index in [4.69, 9.17) is 27.9 Å². The summed E-state index contributed by atoms with van der Waals surface area (Å²) in [6.07, 6.45) is 2.44. The maximum Gasteiger partial charge on any atom is 0.227 e. The standard InChI is InChI=1S/C29H34Cl2N2O4/c1-16(2)15-33(24(35)13-17-4-6-19(30)20(31)12-17)21-8-9-29(36)23-14-18-5-7-22(34)26-25(18)28(29,27(21)37-26)10-11-32(23)3/h4-7,12,16,21,23,27,34,36H,8-11,13-15H2,1-3H3/t21-,23-,27+,28+,29-/m1/s1. The van der Waals surface area contributed by atoms with Gasteiger partial charge in [0.25, 0.3) is 0 Å². The first-order chi connectivity index (χ1) is 17.6. The van der Waals surface area contributed by atoms with Gasteiger partial charge in [0.05, 0.1) is 33.5 Å². The Kier molecular flexibility index (Phi) is 6.00. The van der Waals surface area contributed by atoms with Gasteiger partial charge in [-0.3, -0.25) is 4.79 Å². The zero-order valence-electron chi connectivity index (χ0n) is 21.5. The van der Waals surface area contributed by atoms with Gasteiger partial charge in [-0.05, 0) is 74.5 Å². The molecule has 2 aromatic carbocycles. The zero-order chi connectivity index (χ0) is 26.3. The topological polar surface area (TPSA) is 73.2 Å². The highest BCUT2D eigenvalue weighted by Gasteiger charge is 2.73. The molecule has 2 aliphatic heterocycles. The maximum absolute atomic E-state index is 13.9. The average Bonchev–Trinajstić information content (AvgIpc) is 3.20. The van der Waals surface area contributed by atoms with Gasteiger partial charge in [-0.15, -0.1) is 0 Å². The number of phenols is 1. The largest absolute Gasteiger partial charge is 0.504 e. The zero-order valence-corrected chi connectivity index (χ0v) is 23.0. The first kappa shape index (κ1) is 25.3. The van der Waals surface area contributed by atoms with Crippen molar-refractivity contribution < 1.29 is 19.7 Å². The van der Waals surface area contributed by atoms with Gasteiger partial charge in [0.1, 0.15) is 6.10 Å². The molecule has 2 aromatic rings. The predicted molar refractivity (Wildman–Crippen MR) is 144 cm³/mol. The first-order valence-electron chi connectivity index (χ1n) is 13.2. The lowest BCUT2D eigenvalue weighted by Crippen LogP contribution is -2.78. The van der Waals surface area contributed by atoms with Crippen LogP contribution in [0.5, 0.6) is 11.5 Å². The van der Waals surface area contributed by atoms with Crippen LogP contribution >= 0.6 is 23.2 Å². The van der Waals surface area contributed by atoms with Gasteiger partial charge in [0.15, 0.2) is 11.5 Å². The summed E-state index contributed by atoms with van der Waals surface area (Å²) < 4.78 is 6.66. The number of amides is 1. The lowest BCUT2D eigenvalue weighted by atomic mass is 9.48. The first-order valence-corrected chi connectivity index (χ1v) is 14.0. The summed E-state index contributed by atoms with van der Waals surface area (Å²) in [7, 11) is 2.09. The van der Waals surface area contributed by atoms with Crippen LogP contribution in [-0.4, -0.2) is 69.8 Å². The number of carbonyl (C=O) groups is 1. The van der Waals surface area contributed by atoms with Crippen LogP contribution < -0.4 is 4.74 Å². The summed E-state index contributed by atoms with van der Waals surface area (Å²) in [6, 6.07) is 8.76. The molecular formula is C29H34Cl2N2O4. The third kappa shape index (κ3) is 3.55. The lowest BCUT2D eigenvalue weighted by molar-refractivity contribution is -0.198. The van der Waals surface area contributed by atoms with Gasteiger partial charge in [0.2, 0.25) is 5.91 Å². The van der Waals surface area contributed by atoms with E-state index in [0.29, 0.717) is 35.2 Å². The lowest BCUT2D eigenvalue weighted by Gasteiger charge is -2.64. The number of hydrogen-bond acceptors (Lipinski definition) is 5. The SMILES string of the molecule is CC(C)CN(C(=O)Cc1ccc(Cl)c(Cl)c1)[C@@H]1CC[C@@]2(O)[C@H]3Cc4ccc(O)c5c4[C@@]2(CCN3C)[C@H]1O5. The molecule has 198 valence electrons. The Hall–Kier alpha value is -1.99. The van der Waals surface area contributed by atoms with E-state index in [-0.39, 0.29) is 36.1 Å². The van der Waals surface area contributed by atoms with E-state index in [2.05, 4.69) is 25.8 Å². The van der Waals surface area contributed by atoms with Gasteiger partial charge < -0.3 is 24.7 Å². The van der Waals surface area contributed by atoms with Crippen LogP contribution in [0.1, 0.15) is 49.8 Å². The fraction of sp³-hybridized carbons (Fsp3) is 0.552. The number of phenolic OH excluding ortho intramolecular Hbond substituents is 1. The Morgan fingerprint density at radius 1 is 1.22 bits per heavy atom. The van der Waals surface area contributed by atoms with Crippen molar-refractivity contribution in [2.24, 2.45) is 5.92 Å². The Bertz CT molecular complexity index is 1270. The summed E-state index contributed by atoms with van der Waals surface area (Å²) in [4.78, 5) is 18.2. The van der Waals surface area contributed by atoms with Crippen molar-refractivity contribution in [2.45, 2.75) is 75.2 Å². The second-order valence-electron chi connectivity index (χ2n) is 11.8. The summed E-state index contributed by atoms with van der Waals surface area (Å²) in [5, 5.41) is 24.2. The molecule has 6 nitrogen and oxygen atoms in total. The van der Waals surface area contributed by atoms with E-state index in [9.17, 15) is 15.0 Å². The van der Waals surface area contributed by atoms with Crippen molar-refractivity contribution in [3.05, 3.63) is 57.1 Å². The molecule has 8 heteroatoms. The number of rotatable bonds is 5. The van der Waals surface area contributed by atoms with Crippen LogP contribution in [0.3, 0.4) is 0 Å². The molecule has 2 N–H and O–H groups in total. The van der Waals surface area contributed by atoms with Gasteiger partial charge in [-0.1, -0.05) is 49.2 Å². The molecule has 4 aliphatic rings. The number of aliphatic hydroxyl groups is 1. The van der Waals surface area contributed by atoms with E-state index in [1.54, 1.807) is 18.2 Å². The summed E-state index contributed by atoms with van der Waals surface area (Å²) in [5.41, 5.74) is 1.27. The second kappa shape index (κ2) is 8.77. The fourth-order valence-electron chi connectivity index (χ4n) is 7.79. The van der Waals surface area contributed by atoms with Crippen molar-refractivity contribution >= 4 is 29.1 Å². The summed E-state index contributed by atoms with van der Waals surface area (Å²) >= 11 is 12.3. The van der Waals surface area contributed by atoms with E-state index >= 15 is 0 Å². The Morgan fingerprint density at radius 2 is 2.00 bits per heavy atom. The minimum atomic E-state index is -0.983. The monoisotopic (exact) mass is 544 g/mol. The molecule has 1 saturated carbocycles. The number of benzene rings is 2. The molecule has 1 amide bonds. The highest BCUT2D eigenvalue weighted by atomic mass is 35.5. The number of piperidine rings is 1. The van der Waals surface area contributed by atoms with E-state index in [1.165, 1.54) is 0 Å². The Labute approximate surface area is 228 Å². The van der Waals surface area contributed by atoms with Crippen LogP contribution in [0, 0.1) is 5.92 Å². The molecule has 2 aliphatic carbocycles. The molecule has 0 radical (unpaired) electrons. The summed E-state index contributed by atoms with van der Waals surface area (Å²) in [6.45, 7) is 5.63. The highest BCUT2D eigenvalue weighted by molar-refractivity contribution is 6.42. The predicted octanol–water partition coefficient (Wildman–Crippen LogP) is 4.58. The Morgan fingerprint density at radius 3 is 2.73 bits per heavy atom. The van der Waals surface area contributed by atoms with Crippen molar-refractivity contribution in [2.75, 3.05) is 20.1 Å². The quantitative estimate of drug-likeness (QED) is 0.576. The van der Waals surface area contributed by atoms with Gasteiger partial charge >= 0.3 is 0 Å². The highest BCUT2D eigenvalue weighted by Crippen LogP contribution is 2.65. The molecule has 2 bridgehead atoms. The smallest absolute Gasteiger partial charge is 0.227 e. The molecule has 2 fully saturated rings. The number of aromatic hydroxyl groups is 1. The molecule has 1 saturated heterocycles. The van der Waals surface area contributed by atoms with Crippen LogP contribution in [0.2, 0.25) is 10.0 Å². The summed E-state index contributed by atoms with van der Waals surface area (Å²) in [5.74, 6) is 0.861. The van der Waals surface area contributed by atoms with Gasteiger partial charge in [-0.25, -0.2) is 0 Å². The number of carbonyl (C=O) groups excluding carboxylic acids is 1. The number of likely N-dealkylation sites (tertiary alicyclic amines) is 1. The van der Waals surface area contributed by atoms with Crippen LogP contribution in [0.4, 0.5) is 0 Å². The number of nitrogens with zero attached hydrogens (tertiary/aromatic N) is 2. The maximum atomic E-state index is 13.9. The van der Waals surface area contributed by atoms with E-state index in [0.717, 1.165) is 36.1 Å². The minimum Gasteiger partial charge on any atom is -0.504 e. The minimum absolute atomic E-state index is 0.00298. The van der Waals surface area contributed by atoms with Crippen LogP contribution in [-0.2, 0) is 23.1 Å². The van der Waals surface area contributed by atoms with Crippen molar-refractivity contribution in [1.29, 1.82) is 0 Å². The van der Waals surface area contributed by atoms with Gasteiger partial charge in [-0.2, -0.15) is 0 Å². The average molecular weight is 546 g/mol. The Balaban J connectivity index is 1.42. The molecule has 37 heavy (non-hydrogen) atoms. The third-order valence-electron chi connectivity index (χ3n) is 9.32. The van der Waals surface area contributed by atoms with Gasteiger partial charge in [0, 0.05) is 18.2 Å². The fourth-order valence-corrected chi connectivity index (χ4v) is 8.11. The third-order valence-corrected chi connectivity index (χ3v) is 10.1. The van der Waals surface area contributed by atoms with Crippen molar-refractivity contribution in [1.82, 2.24) is 9.80 Å². The number of hydrogen-bond donors (Lipinski definition) is 2. The van der Waals surface area contributed by atoms with E-state index < -0.39 is 17.1 Å². The molecule has 0 unspecified atom stereocenters. The molecule has 0 aromatic heterocycles. The molecule has 1 spiro atoms. The number of halogens is 2. The van der Waals surface area contributed by atoms with E-state index in [1.807, 2.05) is 17.0 Å². The number of ether oxygens (including phenoxy) is 1. The van der Waals surface area contributed by atoms with Crippen LogP contribution in [0.25, 0.3) is 0 Å². The normalized spacial score (nSPS) is 31.7. The van der Waals surface area contributed by atoms with Crippen LogP contribution in [0.15, 0.2) is 30.3 Å². The van der Waals surface area contributed by atoms with Crippen molar-refractivity contribution in [3.63, 3.8) is 0 Å². The van der Waals surface area contributed by atoms with Crippen molar-refractivity contribution in [3.8, 4) is 11.5 Å². The second-order valence-corrected chi connectivity index (χ2v) is 12.6. The molecule has 6 rings (SSSR count). The molecular weight excluding hydrogens is 511 g/mol. The molecule has 5 atom stereocenters. The molecule has 2 heterocycles. The number of likely N-dealkylation sites (N-methyl/N-ethyl adjacent to an activating group) is 1.